The molecule has 7 heteroatoms. The first kappa shape index (κ1) is 30.8. The van der Waals surface area contributed by atoms with Crippen LogP contribution in [0.3, 0.4) is 0 Å². The molecule has 0 spiro atoms. The van der Waals surface area contributed by atoms with Crippen LogP contribution in [0.2, 0.25) is 0 Å². The van der Waals surface area contributed by atoms with E-state index in [0.717, 1.165) is 43.7 Å². The number of carbonyl (C=O) groups is 5. The highest BCUT2D eigenvalue weighted by Crippen LogP contribution is 2.64. The Balaban J connectivity index is 1.69. The number of aliphatic hydroxyl groups is 1. The summed E-state index contributed by atoms with van der Waals surface area (Å²) in [6, 6.07) is 2.04. The average Bonchev–Trinajstić information content (AvgIpc) is 2.87. The minimum absolute atomic E-state index is 0.0572. The van der Waals surface area contributed by atoms with Crippen LogP contribution in [-0.2, 0) is 32.0 Å². The van der Waals surface area contributed by atoms with E-state index >= 15 is 0 Å². The van der Waals surface area contributed by atoms with E-state index in [1.807, 2.05) is 13.0 Å². The predicted octanol–water partition coefficient (Wildman–Crippen LogP) is 5.34. The number of aromatic hydroxyl groups is 1. The summed E-state index contributed by atoms with van der Waals surface area (Å²) in [5.41, 5.74) is -2.63. The Morgan fingerprint density at radius 1 is 1.00 bits per heavy atom. The molecule has 0 aliphatic heterocycles. The van der Waals surface area contributed by atoms with Gasteiger partial charge in [-0.05, 0) is 66.0 Å². The first-order valence-corrected chi connectivity index (χ1v) is 15.8. The SMILES string of the molecule is CC(=O)C1C(=O)C(C(C)C)[C@@]2(C)C[C@@]3(C)Cc4c(C(C)C)cc(CC5CCCCC5)c(O)c4C(=O)C3C(=O)[C@@]2(O)C1=O. The third-order valence-electron chi connectivity index (χ3n) is 11.3. The Labute approximate surface area is 248 Å². The molecular formula is C35H46O7. The molecule has 0 heterocycles. The maximum absolute atomic E-state index is 14.5. The summed E-state index contributed by atoms with van der Waals surface area (Å²) in [6.07, 6.45) is 6.67. The summed E-state index contributed by atoms with van der Waals surface area (Å²) in [4.78, 5) is 69.1. The van der Waals surface area contributed by atoms with Crippen LogP contribution in [0.15, 0.2) is 6.07 Å². The van der Waals surface area contributed by atoms with Gasteiger partial charge in [-0.1, -0.05) is 79.7 Å². The van der Waals surface area contributed by atoms with Gasteiger partial charge in [-0.15, -0.1) is 0 Å². The fraction of sp³-hybridized carbons (Fsp3) is 0.686. The normalized spacial score (nSPS) is 35.3. The van der Waals surface area contributed by atoms with Crippen LogP contribution in [0.5, 0.6) is 5.75 Å². The maximum atomic E-state index is 14.5. The Morgan fingerprint density at radius 2 is 1.62 bits per heavy atom. The second-order valence-corrected chi connectivity index (χ2v) is 15.0. The highest BCUT2D eigenvalue weighted by molar-refractivity contribution is 6.32. The third kappa shape index (κ3) is 4.12. The number of phenols is 1. The topological polar surface area (TPSA) is 126 Å². The number of benzene rings is 1. The molecule has 4 aliphatic rings. The van der Waals surface area contributed by atoms with Crippen LogP contribution in [0.25, 0.3) is 0 Å². The molecule has 3 unspecified atom stereocenters. The minimum atomic E-state index is -2.67. The van der Waals surface area contributed by atoms with Crippen molar-refractivity contribution in [3.05, 3.63) is 28.3 Å². The Kier molecular flexibility index (Phi) is 7.48. The molecule has 3 fully saturated rings. The van der Waals surface area contributed by atoms with Crippen molar-refractivity contribution >= 4 is 28.9 Å². The van der Waals surface area contributed by atoms with Crippen LogP contribution >= 0.6 is 0 Å². The molecule has 0 bridgehead atoms. The number of fused-ring (bicyclic) bond motifs is 3. The van der Waals surface area contributed by atoms with E-state index < -0.39 is 63.1 Å². The molecular weight excluding hydrogens is 532 g/mol. The van der Waals surface area contributed by atoms with Gasteiger partial charge in [0, 0.05) is 11.3 Å². The molecule has 228 valence electrons. The van der Waals surface area contributed by atoms with Crippen molar-refractivity contribution in [2.75, 3.05) is 0 Å². The lowest BCUT2D eigenvalue weighted by Crippen LogP contribution is -2.76. The highest BCUT2D eigenvalue weighted by atomic mass is 16.3. The first-order chi connectivity index (χ1) is 19.5. The maximum Gasteiger partial charge on any atom is 0.190 e. The molecule has 1 aromatic carbocycles. The summed E-state index contributed by atoms with van der Waals surface area (Å²) in [6.45, 7) is 12.3. The average molecular weight is 579 g/mol. The monoisotopic (exact) mass is 578 g/mol. The lowest BCUT2D eigenvalue weighted by Gasteiger charge is -2.62. The van der Waals surface area contributed by atoms with Crippen molar-refractivity contribution in [1.29, 1.82) is 0 Å². The first-order valence-electron chi connectivity index (χ1n) is 15.8. The Hall–Kier alpha value is -2.67. The van der Waals surface area contributed by atoms with Crippen LogP contribution in [0.4, 0.5) is 0 Å². The molecule has 42 heavy (non-hydrogen) atoms. The highest BCUT2D eigenvalue weighted by Gasteiger charge is 2.76. The van der Waals surface area contributed by atoms with Gasteiger partial charge in [-0.3, -0.25) is 24.0 Å². The van der Waals surface area contributed by atoms with Gasteiger partial charge in [0.05, 0.1) is 11.5 Å². The van der Waals surface area contributed by atoms with Crippen molar-refractivity contribution in [1.82, 2.24) is 0 Å². The molecule has 3 saturated carbocycles. The quantitative estimate of drug-likeness (QED) is 0.452. The van der Waals surface area contributed by atoms with Crippen molar-refractivity contribution in [2.45, 2.75) is 111 Å². The zero-order valence-electron chi connectivity index (χ0n) is 26.1. The van der Waals surface area contributed by atoms with E-state index in [1.54, 1.807) is 20.8 Å². The fourth-order valence-electron chi connectivity index (χ4n) is 9.66. The van der Waals surface area contributed by atoms with Gasteiger partial charge in [-0.2, -0.15) is 0 Å². The van der Waals surface area contributed by atoms with Gasteiger partial charge < -0.3 is 10.2 Å². The number of Topliss-reactive ketones (excluding diaryl/α,β-unsaturated/α-hetero) is 5. The summed E-state index contributed by atoms with van der Waals surface area (Å²) in [7, 11) is 0. The number of hydrogen-bond acceptors (Lipinski definition) is 7. The molecule has 0 amide bonds. The van der Waals surface area contributed by atoms with Crippen molar-refractivity contribution in [2.24, 2.45) is 40.4 Å². The molecule has 2 N–H and O–H groups in total. The van der Waals surface area contributed by atoms with E-state index in [4.69, 9.17) is 0 Å². The smallest absolute Gasteiger partial charge is 0.190 e. The van der Waals surface area contributed by atoms with Gasteiger partial charge in [0.2, 0.25) is 0 Å². The number of ketones is 5. The van der Waals surface area contributed by atoms with Gasteiger partial charge in [-0.25, -0.2) is 0 Å². The van der Waals surface area contributed by atoms with E-state index in [9.17, 15) is 34.2 Å². The summed E-state index contributed by atoms with van der Waals surface area (Å²) in [5.74, 6) is -7.91. The molecule has 0 aromatic heterocycles. The van der Waals surface area contributed by atoms with Crippen LogP contribution in [0, 0.1) is 40.4 Å². The third-order valence-corrected chi connectivity index (χ3v) is 11.3. The number of hydrogen-bond donors (Lipinski definition) is 2. The van der Waals surface area contributed by atoms with E-state index in [-0.39, 0.29) is 29.6 Å². The number of rotatable bonds is 5. The molecule has 4 aliphatic carbocycles. The van der Waals surface area contributed by atoms with Gasteiger partial charge in [0.1, 0.15) is 17.5 Å². The zero-order valence-corrected chi connectivity index (χ0v) is 26.1. The summed E-state index contributed by atoms with van der Waals surface area (Å²) < 4.78 is 0. The molecule has 5 rings (SSSR count). The summed E-state index contributed by atoms with van der Waals surface area (Å²) >= 11 is 0. The van der Waals surface area contributed by atoms with Gasteiger partial charge in [0.15, 0.2) is 28.7 Å². The van der Waals surface area contributed by atoms with E-state index in [0.29, 0.717) is 24.3 Å². The fourth-order valence-corrected chi connectivity index (χ4v) is 9.66. The zero-order chi connectivity index (χ0) is 31.1. The number of phenolic OH excluding ortho intramolecular Hbond substituents is 1. The summed E-state index contributed by atoms with van der Waals surface area (Å²) in [5, 5.41) is 23.8. The largest absolute Gasteiger partial charge is 0.507 e. The van der Waals surface area contributed by atoms with Gasteiger partial charge >= 0.3 is 0 Å². The van der Waals surface area contributed by atoms with E-state index in [1.165, 1.54) is 6.42 Å². The standard InChI is InChI=1S/C35H46O7/c1-17(2)22-14-21(13-20-11-9-8-10-12-20)28(37)25-23(22)15-33(6)16-34(7)26(18(3)4)29(38)24(19(5)36)31(40)35(34,42)32(41)27(33)30(25)39/h14,17-18,20,24,26-27,37,42H,8-13,15-16H2,1-7H3/t24?,26?,27?,33-,34-,35+/m1/s1. The van der Waals surface area contributed by atoms with Crippen molar-refractivity contribution in [3.63, 3.8) is 0 Å². The molecule has 6 atom stereocenters. The number of carbonyl (C=O) groups excluding carboxylic acids is 5. The molecule has 1 aromatic rings. The van der Waals surface area contributed by atoms with Crippen LogP contribution in [-0.4, -0.2) is 44.7 Å². The van der Waals surface area contributed by atoms with Gasteiger partial charge in [0.25, 0.3) is 0 Å². The molecule has 0 saturated heterocycles. The molecule has 7 nitrogen and oxygen atoms in total. The van der Waals surface area contributed by atoms with E-state index in [2.05, 4.69) is 13.8 Å². The molecule has 0 radical (unpaired) electrons. The van der Waals surface area contributed by atoms with Crippen molar-refractivity contribution in [3.8, 4) is 5.75 Å². The lowest BCUT2D eigenvalue weighted by atomic mass is 9.39. The second-order valence-electron chi connectivity index (χ2n) is 15.0. The van der Waals surface area contributed by atoms with Crippen LogP contribution in [0.1, 0.15) is 120 Å². The lowest BCUT2D eigenvalue weighted by molar-refractivity contribution is -0.205. The second kappa shape index (κ2) is 10.2. The van der Waals surface area contributed by atoms with Crippen molar-refractivity contribution < 1.29 is 34.2 Å². The predicted molar refractivity (Wildman–Crippen MR) is 157 cm³/mol. The minimum Gasteiger partial charge on any atom is -0.507 e. The van der Waals surface area contributed by atoms with Crippen LogP contribution < -0.4 is 0 Å². The Morgan fingerprint density at radius 3 is 2.17 bits per heavy atom. The Bertz CT molecular complexity index is 1380.